The van der Waals surface area contributed by atoms with E-state index < -0.39 is 10.1 Å². The number of hydrogen-bond acceptors (Lipinski definition) is 7. The van der Waals surface area contributed by atoms with Gasteiger partial charge in [0.25, 0.3) is 0 Å². The fourth-order valence-corrected chi connectivity index (χ4v) is 5.63. The summed E-state index contributed by atoms with van der Waals surface area (Å²) in [7, 11) is -4.54. The standard InChI is InChI=1S/C27H23N3O4S/c31-26-20-9-5-4-8-19(20)25-23-21(14-15-22(24(23)26)28-17-6-2-1-3-7-17)29-27(30-25)16-10-12-18(13-11-16)35(32,33)34/h4-5,8-15,17,28H,1-3,6-7H2,(H,32,33,34)/p-1. The molecule has 2 aliphatic carbocycles. The highest BCUT2D eigenvalue weighted by Gasteiger charge is 2.30. The highest BCUT2D eigenvalue weighted by atomic mass is 32.2. The largest absolute Gasteiger partial charge is 0.744 e. The molecule has 3 aromatic carbocycles. The van der Waals surface area contributed by atoms with Crippen LogP contribution in [0.25, 0.3) is 33.5 Å². The maximum Gasteiger partial charge on any atom is 0.196 e. The predicted molar refractivity (Wildman–Crippen MR) is 132 cm³/mol. The number of nitrogens with one attached hydrogen (secondary N) is 1. The summed E-state index contributed by atoms with van der Waals surface area (Å²) >= 11 is 0. The smallest absolute Gasteiger partial charge is 0.196 e. The molecule has 1 N–H and O–H groups in total. The zero-order valence-electron chi connectivity index (χ0n) is 18.8. The van der Waals surface area contributed by atoms with Crippen molar-refractivity contribution in [2.45, 2.75) is 43.0 Å². The Bertz CT molecular complexity index is 1590. The normalized spacial score (nSPS) is 15.7. The van der Waals surface area contributed by atoms with Crippen LogP contribution in [0.5, 0.6) is 0 Å². The molecular weight excluding hydrogens is 462 g/mol. The molecule has 8 heteroatoms. The number of rotatable bonds is 4. The van der Waals surface area contributed by atoms with Gasteiger partial charge in [0, 0.05) is 33.8 Å². The molecular formula is C27H22N3O4S-. The minimum Gasteiger partial charge on any atom is -0.744 e. The number of ketones is 1. The predicted octanol–water partition coefficient (Wildman–Crippen LogP) is 5.16. The fraction of sp³-hybridized carbons (Fsp3) is 0.222. The molecule has 1 saturated carbocycles. The van der Waals surface area contributed by atoms with Crippen LogP contribution in [0.2, 0.25) is 0 Å². The third-order valence-corrected chi connectivity index (χ3v) is 7.73. The van der Waals surface area contributed by atoms with Crippen LogP contribution in [-0.2, 0) is 10.1 Å². The molecule has 2 aliphatic rings. The van der Waals surface area contributed by atoms with Crippen LogP contribution >= 0.6 is 0 Å². The quantitative estimate of drug-likeness (QED) is 0.351. The summed E-state index contributed by atoms with van der Waals surface area (Å²) in [6.45, 7) is 0. The second-order valence-corrected chi connectivity index (χ2v) is 10.5. The number of aromatic nitrogens is 2. The number of carbonyl (C=O) groups excluding carboxylic acids is 1. The van der Waals surface area contributed by atoms with Crippen LogP contribution in [0, 0.1) is 0 Å². The number of carbonyl (C=O) groups is 1. The van der Waals surface area contributed by atoms with Gasteiger partial charge in [0.1, 0.15) is 10.1 Å². The van der Waals surface area contributed by atoms with Gasteiger partial charge in [-0.3, -0.25) is 4.79 Å². The molecule has 0 bridgehead atoms. The maximum absolute atomic E-state index is 13.7. The van der Waals surface area contributed by atoms with E-state index in [-0.39, 0.29) is 10.7 Å². The van der Waals surface area contributed by atoms with Crippen LogP contribution in [0.1, 0.15) is 48.0 Å². The van der Waals surface area contributed by atoms with E-state index in [2.05, 4.69) is 5.32 Å². The topological polar surface area (TPSA) is 112 Å². The van der Waals surface area contributed by atoms with Gasteiger partial charge in [-0.05, 0) is 49.2 Å². The van der Waals surface area contributed by atoms with E-state index in [0.717, 1.165) is 29.5 Å². The van der Waals surface area contributed by atoms with Crippen molar-refractivity contribution in [3.63, 3.8) is 0 Å². The Hall–Kier alpha value is -3.62. The molecule has 0 spiro atoms. The van der Waals surface area contributed by atoms with Crippen molar-refractivity contribution >= 4 is 32.5 Å². The SMILES string of the molecule is O=C1c2ccccc2-c2nc(-c3ccc(S(=O)(=O)[O-])cc3)nc3ccc(NC4CCCCC4)c1c23. The molecule has 176 valence electrons. The van der Waals surface area contributed by atoms with E-state index in [4.69, 9.17) is 9.97 Å². The zero-order valence-corrected chi connectivity index (χ0v) is 19.6. The van der Waals surface area contributed by atoms with Crippen LogP contribution in [0.15, 0.2) is 65.6 Å². The summed E-state index contributed by atoms with van der Waals surface area (Å²) < 4.78 is 34.0. The third kappa shape index (κ3) is 3.79. The summed E-state index contributed by atoms with van der Waals surface area (Å²) in [6.07, 6.45) is 5.78. The first-order chi connectivity index (χ1) is 16.9. The Kier molecular flexibility index (Phi) is 5.16. The van der Waals surface area contributed by atoms with Gasteiger partial charge in [-0.1, -0.05) is 43.5 Å². The van der Waals surface area contributed by atoms with Crippen LogP contribution in [-0.4, -0.2) is 34.8 Å². The Morgan fingerprint density at radius 3 is 2.29 bits per heavy atom. The minimum atomic E-state index is -4.54. The first kappa shape index (κ1) is 21.9. The number of benzene rings is 3. The van der Waals surface area contributed by atoms with Gasteiger partial charge >= 0.3 is 0 Å². The van der Waals surface area contributed by atoms with E-state index in [9.17, 15) is 17.8 Å². The minimum absolute atomic E-state index is 0.0432. The lowest BCUT2D eigenvalue weighted by atomic mass is 9.85. The molecule has 7 nitrogen and oxygen atoms in total. The van der Waals surface area contributed by atoms with Crippen molar-refractivity contribution in [1.82, 2.24) is 9.97 Å². The lowest BCUT2D eigenvalue weighted by Gasteiger charge is -2.27. The molecule has 4 aromatic rings. The van der Waals surface area contributed by atoms with Gasteiger partial charge in [0.05, 0.1) is 21.7 Å². The van der Waals surface area contributed by atoms with E-state index in [0.29, 0.717) is 39.8 Å². The fourth-order valence-electron chi connectivity index (χ4n) is 5.17. The molecule has 0 amide bonds. The average Bonchev–Trinajstić information content (AvgIpc) is 2.87. The highest BCUT2D eigenvalue weighted by Crippen LogP contribution is 2.42. The first-order valence-electron chi connectivity index (χ1n) is 11.7. The van der Waals surface area contributed by atoms with Gasteiger partial charge in [-0.15, -0.1) is 0 Å². The number of fused-ring (bicyclic) bond motifs is 2. The highest BCUT2D eigenvalue weighted by molar-refractivity contribution is 7.85. The molecule has 0 atom stereocenters. The molecule has 6 rings (SSSR count). The first-order valence-corrected chi connectivity index (χ1v) is 13.1. The molecule has 0 saturated heterocycles. The van der Waals surface area contributed by atoms with Crippen molar-refractivity contribution < 1.29 is 17.8 Å². The Morgan fingerprint density at radius 2 is 1.57 bits per heavy atom. The molecule has 0 radical (unpaired) electrons. The van der Waals surface area contributed by atoms with Crippen molar-refractivity contribution in [1.29, 1.82) is 0 Å². The molecule has 35 heavy (non-hydrogen) atoms. The molecule has 1 heterocycles. The summed E-state index contributed by atoms with van der Waals surface area (Å²) in [5, 5.41) is 4.34. The second kappa shape index (κ2) is 8.25. The van der Waals surface area contributed by atoms with Crippen LogP contribution in [0.3, 0.4) is 0 Å². The van der Waals surface area contributed by atoms with Gasteiger partial charge in [0.15, 0.2) is 11.6 Å². The Balaban J connectivity index is 1.55. The van der Waals surface area contributed by atoms with Gasteiger partial charge < -0.3 is 9.87 Å². The van der Waals surface area contributed by atoms with Crippen molar-refractivity contribution in [3.05, 3.63) is 71.8 Å². The van der Waals surface area contributed by atoms with Crippen LogP contribution < -0.4 is 5.32 Å². The lowest BCUT2D eigenvalue weighted by Crippen LogP contribution is -2.24. The van der Waals surface area contributed by atoms with Gasteiger partial charge in [-0.25, -0.2) is 18.4 Å². The summed E-state index contributed by atoms with van der Waals surface area (Å²) in [6, 6.07) is 17.2. The van der Waals surface area contributed by atoms with Crippen molar-refractivity contribution in [2.24, 2.45) is 0 Å². The van der Waals surface area contributed by atoms with E-state index in [1.807, 2.05) is 36.4 Å². The van der Waals surface area contributed by atoms with Gasteiger partial charge in [-0.2, -0.15) is 0 Å². The number of nitrogens with zero attached hydrogens (tertiary/aromatic N) is 2. The second-order valence-electron chi connectivity index (χ2n) is 9.11. The summed E-state index contributed by atoms with van der Waals surface area (Å²) in [5.74, 6) is 0.351. The zero-order chi connectivity index (χ0) is 24.2. The molecule has 1 aromatic heterocycles. The van der Waals surface area contributed by atoms with Crippen molar-refractivity contribution in [2.75, 3.05) is 5.32 Å². The number of anilines is 1. The summed E-state index contributed by atoms with van der Waals surface area (Å²) in [5.41, 5.74) is 4.63. The van der Waals surface area contributed by atoms with Crippen molar-refractivity contribution in [3.8, 4) is 22.6 Å². The lowest BCUT2D eigenvalue weighted by molar-refractivity contribution is 0.104. The average molecular weight is 485 g/mol. The van der Waals surface area contributed by atoms with Crippen LogP contribution in [0.4, 0.5) is 5.69 Å². The molecule has 0 unspecified atom stereocenters. The maximum atomic E-state index is 13.7. The third-order valence-electron chi connectivity index (χ3n) is 6.88. The van der Waals surface area contributed by atoms with Gasteiger partial charge in [0.2, 0.25) is 0 Å². The Labute approximate surface area is 203 Å². The monoisotopic (exact) mass is 484 g/mol. The molecule has 1 fully saturated rings. The summed E-state index contributed by atoms with van der Waals surface area (Å²) in [4.78, 5) is 22.9. The molecule has 0 aliphatic heterocycles. The van der Waals surface area contributed by atoms with E-state index in [1.54, 1.807) is 0 Å². The Morgan fingerprint density at radius 1 is 0.857 bits per heavy atom. The number of hydrogen-bond donors (Lipinski definition) is 1. The van der Waals surface area contributed by atoms with E-state index in [1.165, 1.54) is 43.5 Å². The van der Waals surface area contributed by atoms with E-state index >= 15 is 0 Å².